The Balaban J connectivity index is 1.72. The third-order valence-corrected chi connectivity index (χ3v) is 4.93. The maximum atomic E-state index is 12.2. The number of anilines is 1. The molecule has 1 heterocycles. The van der Waals surface area contributed by atoms with Crippen LogP contribution >= 0.6 is 0 Å². The van der Waals surface area contributed by atoms with Gasteiger partial charge in [-0.1, -0.05) is 24.3 Å². The largest absolute Gasteiger partial charge is 0.396 e. The molecule has 5 nitrogen and oxygen atoms in total. The Morgan fingerprint density at radius 2 is 2.05 bits per heavy atom. The van der Waals surface area contributed by atoms with Crippen LogP contribution in [0.3, 0.4) is 0 Å². The number of nitrogens with one attached hydrogen (secondary N) is 1. The molecule has 0 aliphatic heterocycles. The van der Waals surface area contributed by atoms with Gasteiger partial charge in [0.2, 0.25) is 0 Å². The second-order valence-electron chi connectivity index (χ2n) is 4.85. The molecule has 6 heteroatoms. The molecule has 104 valence electrons. The monoisotopic (exact) mass is 289 g/mol. The highest BCUT2D eigenvalue weighted by atomic mass is 32.2. The average Bonchev–Trinajstić information content (AvgIpc) is 2.40. The molecule has 0 fully saturated rings. The fourth-order valence-electron chi connectivity index (χ4n) is 2.45. The number of nitrogens with zero attached hydrogens (tertiary/aromatic N) is 1. The molecule has 0 radical (unpaired) electrons. The lowest BCUT2D eigenvalue weighted by molar-refractivity contribution is 0.550. The number of hydrogen-bond donors (Lipinski definition) is 2. The van der Waals surface area contributed by atoms with Crippen LogP contribution in [0.2, 0.25) is 0 Å². The lowest BCUT2D eigenvalue weighted by atomic mass is 9.78. The average molecular weight is 289 g/mol. The van der Waals surface area contributed by atoms with Crippen molar-refractivity contribution in [3.05, 3.63) is 53.7 Å². The van der Waals surface area contributed by atoms with E-state index in [1.165, 1.54) is 23.4 Å². The van der Waals surface area contributed by atoms with E-state index in [1.807, 2.05) is 18.2 Å². The van der Waals surface area contributed by atoms with Crippen molar-refractivity contribution >= 4 is 15.7 Å². The van der Waals surface area contributed by atoms with Gasteiger partial charge >= 0.3 is 0 Å². The van der Waals surface area contributed by atoms with Crippen molar-refractivity contribution in [2.75, 3.05) is 12.3 Å². The summed E-state index contributed by atoms with van der Waals surface area (Å²) in [7, 11) is -3.65. The zero-order valence-electron chi connectivity index (χ0n) is 10.8. The highest BCUT2D eigenvalue weighted by Crippen LogP contribution is 2.34. The molecule has 0 saturated heterocycles. The predicted molar refractivity (Wildman–Crippen MR) is 76.7 cm³/mol. The Morgan fingerprint density at radius 3 is 2.80 bits per heavy atom. The first-order chi connectivity index (χ1) is 9.58. The van der Waals surface area contributed by atoms with Gasteiger partial charge in [0.25, 0.3) is 10.0 Å². The highest BCUT2D eigenvalue weighted by Gasteiger charge is 2.27. The van der Waals surface area contributed by atoms with E-state index in [0.717, 1.165) is 6.42 Å². The Hall–Kier alpha value is -1.92. The van der Waals surface area contributed by atoms with Crippen LogP contribution in [0, 0.1) is 0 Å². The van der Waals surface area contributed by atoms with Gasteiger partial charge in [-0.15, -0.1) is 0 Å². The number of benzene rings is 1. The molecule has 3 rings (SSSR count). The minimum absolute atomic E-state index is 0.104. The quantitative estimate of drug-likeness (QED) is 0.888. The number of nitrogen functional groups attached to an aromatic ring is 1. The van der Waals surface area contributed by atoms with Gasteiger partial charge in [-0.3, -0.25) is 0 Å². The van der Waals surface area contributed by atoms with Crippen LogP contribution in [0.25, 0.3) is 0 Å². The van der Waals surface area contributed by atoms with E-state index in [-0.39, 0.29) is 16.6 Å². The van der Waals surface area contributed by atoms with E-state index in [2.05, 4.69) is 15.8 Å². The van der Waals surface area contributed by atoms with E-state index < -0.39 is 10.0 Å². The molecule has 20 heavy (non-hydrogen) atoms. The molecule has 1 aliphatic rings. The summed E-state index contributed by atoms with van der Waals surface area (Å²) in [5.41, 5.74) is 8.31. The van der Waals surface area contributed by atoms with Crippen molar-refractivity contribution in [3.8, 4) is 0 Å². The zero-order valence-corrected chi connectivity index (χ0v) is 11.6. The number of fused-ring (bicyclic) bond motifs is 1. The summed E-state index contributed by atoms with van der Waals surface area (Å²) in [6.45, 7) is 0.370. The SMILES string of the molecule is Nc1cccnc1S(=O)(=O)NCC1Cc2ccccc21. The van der Waals surface area contributed by atoms with E-state index in [9.17, 15) is 8.42 Å². The smallest absolute Gasteiger partial charge is 0.260 e. The lowest BCUT2D eigenvalue weighted by Crippen LogP contribution is -2.33. The van der Waals surface area contributed by atoms with Crippen LogP contribution in [0.1, 0.15) is 17.0 Å². The molecule has 1 atom stereocenters. The Labute approximate surface area is 117 Å². The molecular formula is C14H15N3O2S. The van der Waals surface area contributed by atoms with E-state index in [0.29, 0.717) is 6.54 Å². The van der Waals surface area contributed by atoms with E-state index in [1.54, 1.807) is 6.07 Å². The van der Waals surface area contributed by atoms with E-state index >= 15 is 0 Å². The Bertz CT molecular complexity index is 744. The summed E-state index contributed by atoms with van der Waals surface area (Å²) in [5.74, 6) is 0.228. The standard InChI is InChI=1S/C14H15N3O2S/c15-13-6-3-7-16-14(13)20(18,19)17-9-11-8-10-4-1-2-5-12(10)11/h1-7,11,17H,8-9,15H2. The van der Waals surface area contributed by atoms with Crippen LogP contribution in [0.4, 0.5) is 5.69 Å². The van der Waals surface area contributed by atoms with Gasteiger partial charge in [-0.05, 0) is 29.7 Å². The minimum Gasteiger partial charge on any atom is -0.396 e. The molecule has 1 aliphatic carbocycles. The molecule has 1 aromatic heterocycles. The topological polar surface area (TPSA) is 85.1 Å². The van der Waals surface area contributed by atoms with Crippen molar-refractivity contribution in [1.29, 1.82) is 0 Å². The fourth-order valence-corrected chi connectivity index (χ4v) is 3.59. The van der Waals surface area contributed by atoms with Crippen LogP contribution in [0.5, 0.6) is 0 Å². The summed E-state index contributed by atoms with van der Waals surface area (Å²) in [6.07, 6.45) is 2.32. The number of pyridine rings is 1. The first kappa shape index (κ1) is 13.1. The third-order valence-electron chi connectivity index (χ3n) is 3.54. The molecule has 0 spiro atoms. The number of aromatic nitrogens is 1. The van der Waals surface area contributed by atoms with Crippen molar-refractivity contribution in [1.82, 2.24) is 9.71 Å². The van der Waals surface area contributed by atoms with Crippen LogP contribution in [-0.4, -0.2) is 19.9 Å². The number of sulfonamides is 1. The highest BCUT2D eigenvalue weighted by molar-refractivity contribution is 7.89. The first-order valence-corrected chi connectivity index (χ1v) is 7.84. The van der Waals surface area contributed by atoms with Gasteiger partial charge in [-0.2, -0.15) is 0 Å². The summed E-state index contributed by atoms with van der Waals surface area (Å²) in [4.78, 5) is 3.84. The van der Waals surface area contributed by atoms with E-state index in [4.69, 9.17) is 5.73 Å². The minimum atomic E-state index is -3.65. The summed E-state index contributed by atoms with van der Waals surface area (Å²) in [6, 6.07) is 11.2. The van der Waals surface area contributed by atoms with Gasteiger partial charge in [0, 0.05) is 18.7 Å². The van der Waals surface area contributed by atoms with Crippen LogP contribution in [0.15, 0.2) is 47.6 Å². The lowest BCUT2D eigenvalue weighted by Gasteiger charge is -2.30. The van der Waals surface area contributed by atoms with Crippen molar-refractivity contribution in [2.24, 2.45) is 0 Å². The summed E-state index contributed by atoms with van der Waals surface area (Å²) >= 11 is 0. The molecular weight excluding hydrogens is 274 g/mol. The summed E-state index contributed by atoms with van der Waals surface area (Å²) in [5, 5.41) is -0.104. The second-order valence-corrected chi connectivity index (χ2v) is 6.53. The number of rotatable bonds is 4. The van der Waals surface area contributed by atoms with Crippen molar-refractivity contribution in [3.63, 3.8) is 0 Å². The maximum Gasteiger partial charge on any atom is 0.260 e. The Morgan fingerprint density at radius 1 is 1.25 bits per heavy atom. The molecule has 2 aromatic rings. The Kier molecular flexibility index (Phi) is 3.19. The van der Waals surface area contributed by atoms with Gasteiger partial charge in [0.05, 0.1) is 5.69 Å². The van der Waals surface area contributed by atoms with Gasteiger partial charge in [0.15, 0.2) is 5.03 Å². The van der Waals surface area contributed by atoms with Crippen LogP contribution < -0.4 is 10.5 Å². The summed E-state index contributed by atoms with van der Waals surface area (Å²) < 4.78 is 26.9. The second kappa shape index (κ2) is 4.88. The molecule has 0 bridgehead atoms. The maximum absolute atomic E-state index is 12.2. The van der Waals surface area contributed by atoms with Gasteiger partial charge in [-0.25, -0.2) is 18.1 Å². The van der Waals surface area contributed by atoms with Crippen LogP contribution in [-0.2, 0) is 16.4 Å². The molecule has 0 amide bonds. The molecule has 1 aromatic carbocycles. The van der Waals surface area contributed by atoms with Crippen molar-refractivity contribution in [2.45, 2.75) is 17.4 Å². The third kappa shape index (κ3) is 2.28. The predicted octanol–water partition coefficient (Wildman–Crippen LogP) is 1.28. The molecule has 1 unspecified atom stereocenters. The normalized spacial score (nSPS) is 17.3. The first-order valence-electron chi connectivity index (χ1n) is 6.36. The molecule has 0 saturated carbocycles. The van der Waals surface area contributed by atoms with Gasteiger partial charge < -0.3 is 5.73 Å². The number of nitrogens with two attached hydrogens (primary N) is 1. The van der Waals surface area contributed by atoms with Crippen molar-refractivity contribution < 1.29 is 8.42 Å². The fraction of sp³-hybridized carbons (Fsp3) is 0.214. The van der Waals surface area contributed by atoms with Gasteiger partial charge in [0.1, 0.15) is 0 Å². The molecule has 3 N–H and O–H groups in total. The number of hydrogen-bond acceptors (Lipinski definition) is 4. The zero-order chi connectivity index (χ0) is 14.2.